The summed E-state index contributed by atoms with van der Waals surface area (Å²) >= 11 is 0. The van der Waals surface area contributed by atoms with Crippen molar-refractivity contribution in [3.05, 3.63) is 11.6 Å². The molecule has 4 aliphatic carbocycles. The van der Waals surface area contributed by atoms with E-state index >= 15 is 0 Å². The predicted molar refractivity (Wildman–Crippen MR) is 142 cm³/mol. The number of hydrogen-bond donors (Lipinski definition) is 3. The summed E-state index contributed by atoms with van der Waals surface area (Å²) in [7, 11) is 0. The molecule has 0 spiro atoms. The molecule has 0 heterocycles. The van der Waals surface area contributed by atoms with Crippen molar-refractivity contribution in [1.29, 1.82) is 0 Å². The molecule has 4 rings (SSSR count). The van der Waals surface area contributed by atoms with Crippen molar-refractivity contribution < 1.29 is 43.7 Å². The molecule has 3 N–H and O–H groups in total. The van der Waals surface area contributed by atoms with Crippen LogP contribution in [-0.4, -0.2) is 63.7 Å². The van der Waals surface area contributed by atoms with E-state index in [0.717, 1.165) is 18.4 Å². The maximum atomic E-state index is 13.7. The fourth-order valence-corrected chi connectivity index (χ4v) is 8.16. The van der Waals surface area contributed by atoms with E-state index in [1.807, 2.05) is 0 Å². The Bertz CT molecular complexity index is 1160. The van der Waals surface area contributed by atoms with Gasteiger partial charge in [0.15, 0.2) is 12.4 Å². The Morgan fingerprint density at radius 2 is 1.77 bits per heavy atom. The molecule has 3 fully saturated rings. The van der Waals surface area contributed by atoms with Crippen LogP contribution in [0.2, 0.25) is 0 Å². The Hall–Kier alpha value is -2.88. The predicted octanol–water partition coefficient (Wildman–Crippen LogP) is 2.55. The summed E-state index contributed by atoms with van der Waals surface area (Å²) in [5.41, 5.74) is -2.13. The van der Waals surface area contributed by atoms with Crippen LogP contribution in [0.5, 0.6) is 0 Å². The lowest BCUT2D eigenvalue weighted by atomic mass is 9.46. The van der Waals surface area contributed by atoms with Crippen molar-refractivity contribution in [2.24, 2.45) is 34.5 Å². The lowest BCUT2D eigenvalue weighted by molar-refractivity contribution is -0.173. The van der Waals surface area contributed by atoms with Crippen molar-refractivity contribution in [2.45, 2.75) is 97.1 Å². The van der Waals surface area contributed by atoms with Crippen molar-refractivity contribution in [2.75, 3.05) is 6.61 Å². The van der Waals surface area contributed by atoms with Crippen LogP contribution in [0.3, 0.4) is 0 Å². The molecule has 0 unspecified atom stereocenters. The van der Waals surface area contributed by atoms with Gasteiger partial charge >= 0.3 is 11.9 Å². The summed E-state index contributed by atoms with van der Waals surface area (Å²) in [5, 5.41) is 23.3. The molecule has 10 heteroatoms. The molecule has 10 nitrogen and oxygen atoms in total. The van der Waals surface area contributed by atoms with Gasteiger partial charge in [-0.1, -0.05) is 33.3 Å². The van der Waals surface area contributed by atoms with Gasteiger partial charge in [0.05, 0.1) is 6.42 Å². The maximum absolute atomic E-state index is 13.7. The lowest BCUT2D eigenvalue weighted by Crippen LogP contribution is -2.61. The van der Waals surface area contributed by atoms with Gasteiger partial charge in [0, 0.05) is 30.6 Å². The number of fused-ring (bicyclic) bond motifs is 5. The Kier molecular flexibility index (Phi) is 8.15. The van der Waals surface area contributed by atoms with E-state index in [-0.39, 0.29) is 66.3 Å². The molecule has 220 valence electrons. The Labute approximate surface area is 234 Å². The monoisotopic (exact) mass is 559 g/mol. The minimum absolute atomic E-state index is 0.00459. The Morgan fingerprint density at radius 1 is 1.07 bits per heavy atom. The number of carbonyl (C=O) groups excluding carboxylic acids is 5. The molecular weight excluding hydrogens is 518 g/mol. The second kappa shape index (κ2) is 10.8. The van der Waals surface area contributed by atoms with Crippen molar-refractivity contribution in [1.82, 2.24) is 5.32 Å². The number of allylic oxidation sites excluding steroid dienone is 1. The number of aliphatic carboxylic acids is 1. The molecular formula is C30H41NO9. The van der Waals surface area contributed by atoms with Crippen molar-refractivity contribution >= 4 is 35.2 Å². The normalized spacial score (nSPS) is 35.6. The second-order valence-corrected chi connectivity index (χ2v) is 13.0. The number of ether oxygens (including phenoxy) is 1. The average Bonchev–Trinajstić information content (AvgIpc) is 3.15. The SMILES string of the molecule is CC(C)[C@H](NC(=O)CCC(=O)OCC(=O)[C@@]1(O)CC[C@@H]2[C@H]3CCC4=CC(=O)CC[C@]4(C)[C@H]3C(=O)C[C@@]21C)C(=O)O. The summed E-state index contributed by atoms with van der Waals surface area (Å²) in [4.78, 5) is 74.7. The van der Waals surface area contributed by atoms with E-state index in [1.165, 1.54) is 0 Å². The standard InChI is InChI=1S/C30H41NO9/c1-16(2)26(27(37)38)31-23(35)7-8-24(36)40-15-22(34)30(39)12-10-20-19-6-5-17-13-18(32)9-11-28(17,3)25(19)21(33)14-29(20,30)4/h13,16,19-20,25-26,39H,5-12,14-15H2,1-4H3,(H,31,35)(H,37,38)/t19-,20-,25-,26+,28+,29+,30+/m1/s1. The molecule has 0 bridgehead atoms. The van der Waals surface area contributed by atoms with Gasteiger partial charge in [-0.15, -0.1) is 0 Å². The van der Waals surface area contributed by atoms with Gasteiger partial charge in [0.1, 0.15) is 17.4 Å². The van der Waals surface area contributed by atoms with Crippen LogP contribution in [0.1, 0.15) is 85.5 Å². The number of aliphatic hydroxyl groups is 1. The minimum atomic E-state index is -1.82. The highest BCUT2D eigenvalue weighted by atomic mass is 16.5. The highest BCUT2D eigenvalue weighted by Crippen LogP contribution is 2.66. The van der Waals surface area contributed by atoms with Crippen LogP contribution >= 0.6 is 0 Å². The van der Waals surface area contributed by atoms with Crippen LogP contribution in [0, 0.1) is 34.5 Å². The van der Waals surface area contributed by atoms with E-state index in [2.05, 4.69) is 12.2 Å². The molecule has 0 radical (unpaired) electrons. The molecule has 4 aliphatic rings. The molecule has 7 atom stereocenters. The smallest absolute Gasteiger partial charge is 0.326 e. The number of ketones is 3. The zero-order valence-corrected chi connectivity index (χ0v) is 23.8. The molecule has 0 aliphatic heterocycles. The van der Waals surface area contributed by atoms with E-state index < -0.39 is 47.3 Å². The third-order valence-electron chi connectivity index (χ3n) is 10.4. The third-order valence-corrected chi connectivity index (χ3v) is 10.4. The number of Topliss-reactive ketones (excluding diaryl/α,β-unsaturated/α-hetero) is 2. The first-order valence-electron chi connectivity index (χ1n) is 14.3. The van der Waals surface area contributed by atoms with Gasteiger partial charge in [-0.2, -0.15) is 0 Å². The number of carboxylic acid groups (broad SMARTS) is 1. The molecule has 0 aromatic carbocycles. The summed E-state index contributed by atoms with van der Waals surface area (Å²) in [6, 6.07) is -1.08. The summed E-state index contributed by atoms with van der Waals surface area (Å²) in [6.07, 6.45) is 4.40. The van der Waals surface area contributed by atoms with Gasteiger partial charge < -0.3 is 20.3 Å². The summed E-state index contributed by atoms with van der Waals surface area (Å²) < 4.78 is 5.12. The Balaban J connectivity index is 1.38. The van der Waals surface area contributed by atoms with Crippen LogP contribution < -0.4 is 5.32 Å². The minimum Gasteiger partial charge on any atom is -0.480 e. The number of carbonyl (C=O) groups is 6. The highest BCUT2D eigenvalue weighted by molar-refractivity contribution is 5.95. The fraction of sp³-hybridized carbons (Fsp3) is 0.733. The van der Waals surface area contributed by atoms with Gasteiger partial charge in [0.2, 0.25) is 11.7 Å². The summed E-state index contributed by atoms with van der Waals surface area (Å²) in [5.74, 6) is -3.76. The zero-order valence-electron chi connectivity index (χ0n) is 23.8. The number of esters is 1. The van der Waals surface area contributed by atoms with E-state index in [4.69, 9.17) is 4.74 Å². The third kappa shape index (κ3) is 5.03. The highest BCUT2D eigenvalue weighted by Gasteiger charge is 2.68. The van der Waals surface area contributed by atoms with Gasteiger partial charge in [0.25, 0.3) is 0 Å². The van der Waals surface area contributed by atoms with Gasteiger partial charge in [-0.25, -0.2) is 4.79 Å². The van der Waals surface area contributed by atoms with Crippen LogP contribution in [0.4, 0.5) is 0 Å². The Morgan fingerprint density at radius 3 is 2.42 bits per heavy atom. The molecule has 1 amide bonds. The average molecular weight is 560 g/mol. The number of rotatable bonds is 9. The van der Waals surface area contributed by atoms with E-state index in [9.17, 15) is 39.0 Å². The fourth-order valence-electron chi connectivity index (χ4n) is 8.16. The first kappa shape index (κ1) is 30.1. The van der Waals surface area contributed by atoms with Gasteiger partial charge in [-0.3, -0.25) is 24.0 Å². The largest absolute Gasteiger partial charge is 0.480 e. The second-order valence-electron chi connectivity index (χ2n) is 13.0. The topological polar surface area (TPSA) is 164 Å². The number of carboxylic acids is 1. The van der Waals surface area contributed by atoms with Crippen LogP contribution in [-0.2, 0) is 33.5 Å². The lowest BCUT2D eigenvalue weighted by Gasteiger charge is -2.57. The van der Waals surface area contributed by atoms with Gasteiger partial charge in [-0.05, 0) is 61.3 Å². The molecule has 3 saturated carbocycles. The van der Waals surface area contributed by atoms with Crippen LogP contribution in [0.15, 0.2) is 11.6 Å². The number of hydrogen-bond acceptors (Lipinski definition) is 8. The van der Waals surface area contributed by atoms with Crippen molar-refractivity contribution in [3.63, 3.8) is 0 Å². The first-order valence-corrected chi connectivity index (χ1v) is 14.3. The molecule has 0 saturated heterocycles. The zero-order chi connectivity index (χ0) is 29.6. The number of nitrogens with one attached hydrogen (secondary N) is 1. The molecule has 40 heavy (non-hydrogen) atoms. The summed E-state index contributed by atoms with van der Waals surface area (Å²) in [6.45, 7) is 6.52. The maximum Gasteiger partial charge on any atom is 0.326 e. The molecule has 0 aromatic heterocycles. The van der Waals surface area contributed by atoms with Crippen LogP contribution in [0.25, 0.3) is 0 Å². The number of amides is 1. The first-order chi connectivity index (χ1) is 18.6. The van der Waals surface area contributed by atoms with Crippen molar-refractivity contribution in [3.8, 4) is 0 Å². The quantitative estimate of drug-likeness (QED) is 0.360. The van der Waals surface area contributed by atoms with E-state index in [0.29, 0.717) is 19.3 Å². The molecule has 0 aromatic rings. The van der Waals surface area contributed by atoms with E-state index in [1.54, 1.807) is 26.8 Å².